The third-order valence-electron chi connectivity index (χ3n) is 3.03. The van der Waals surface area contributed by atoms with Crippen molar-refractivity contribution in [2.75, 3.05) is 18.9 Å². The first-order chi connectivity index (χ1) is 10.1. The van der Waals surface area contributed by atoms with E-state index in [9.17, 15) is 8.42 Å². The molecule has 0 saturated carbocycles. The standard InChI is InChI=1S/C13H13N3O3SSe/c1-9-2-4-10(5-3-9)12-13(21-16-15-12)20(17,18)8-11-14-6-7-19-11/h2-5H,6-8H2,1H3. The van der Waals surface area contributed by atoms with Crippen LogP contribution in [0.4, 0.5) is 0 Å². The Morgan fingerprint density at radius 3 is 2.71 bits per heavy atom. The van der Waals surface area contributed by atoms with E-state index in [1.54, 1.807) is 0 Å². The number of ether oxygens (including phenoxy) is 1. The molecule has 0 fully saturated rings. The summed E-state index contributed by atoms with van der Waals surface area (Å²) in [5, 5.41) is 4.03. The van der Waals surface area contributed by atoms with E-state index in [1.807, 2.05) is 31.2 Å². The second-order valence-electron chi connectivity index (χ2n) is 4.66. The van der Waals surface area contributed by atoms with Gasteiger partial charge in [0.05, 0.1) is 0 Å². The molecule has 0 bridgehead atoms. The fraction of sp³-hybridized carbons (Fsp3) is 0.308. The predicted octanol–water partition coefficient (Wildman–Crippen LogP) is 0.711. The van der Waals surface area contributed by atoms with Gasteiger partial charge in [0.1, 0.15) is 0 Å². The number of aliphatic imine (C=N–C) groups is 1. The Bertz CT molecular complexity index is 781. The molecule has 8 heteroatoms. The number of benzene rings is 1. The molecule has 1 aromatic carbocycles. The number of nitrogens with zero attached hydrogens (tertiary/aromatic N) is 3. The van der Waals surface area contributed by atoms with Crippen molar-refractivity contribution in [3.05, 3.63) is 29.8 Å². The van der Waals surface area contributed by atoms with Gasteiger partial charge in [-0.3, -0.25) is 0 Å². The van der Waals surface area contributed by atoms with Crippen LogP contribution in [0.2, 0.25) is 0 Å². The summed E-state index contributed by atoms with van der Waals surface area (Å²) in [7, 11) is -3.49. The zero-order chi connectivity index (χ0) is 14.9. The van der Waals surface area contributed by atoms with Crippen LogP contribution in [0.5, 0.6) is 0 Å². The summed E-state index contributed by atoms with van der Waals surface area (Å²) in [5.74, 6) is 0.0817. The van der Waals surface area contributed by atoms with E-state index in [1.165, 1.54) is 0 Å². The van der Waals surface area contributed by atoms with Crippen LogP contribution in [0.1, 0.15) is 5.56 Å². The van der Waals surface area contributed by atoms with Crippen LogP contribution in [0.3, 0.4) is 0 Å². The van der Waals surface area contributed by atoms with Gasteiger partial charge >= 0.3 is 128 Å². The maximum absolute atomic E-state index is 12.5. The van der Waals surface area contributed by atoms with Gasteiger partial charge in [0.15, 0.2) is 0 Å². The zero-order valence-corrected chi connectivity index (χ0v) is 13.8. The third kappa shape index (κ3) is 3.07. The van der Waals surface area contributed by atoms with E-state index < -0.39 is 24.6 Å². The fourth-order valence-electron chi connectivity index (χ4n) is 1.97. The average Bonchev–Trinajstić information content (AvgIpc) is 3.10. The Morgan fingerprint density at radius 2 is 2.05 bits per heavy atom. The Balaban J connectivity index is 1.96. The van der Waals surface area contributed by atoms with Gasteiger partial charge in [-0.05, 0) is 0 Å². The molecule has 0 radical (unpaired) electrons. The summed E-state index contributed by atoms with van der Waals surface area (Å²) in [6.45, 7) is 2.95. The van der Waals surface area contributed by atoms with Crippen molar-refractivity contribution in [1.29, 1.82) is 0 Å². The van der Waals surface area contributed by atoms with Gasteiger partial charge in [0.2, 0.25) is 0 Å². The minimum atomic E-state index is -3.49. The van der Waals surface area contributed by atoms with Gasteiger partial charge in [0, 0.05) is 0 Å². The van der Waals surface area contributed by atoms with Gasteiger partial charge in [0.25, 0.3) is 0 Å². The Kier molecular flexibility index (Phi) is 3.93. The number of sulfone groups is 1. The normalized spacial score (nSPS) is 14.8. The first kappa shape index (κ1) is 14.4. The van der Waals surface area contributed by atoms with Crippen molar-refractivity contribution in [2.24, 2.45) is 4.99 Å². The van der Waals surface area contributed by atoms with Crippen LogP contribution in [-0.2, 0) is 14.6 Å². The molecule has 1 aliphatic heterocycles. The van der Waals surface area contributed by atoms with Crippen LogP contribution in [0.15, 0.2) is 33.0 Å². The van der Waals surface area contributed by atoms with Gasteiger partial charge in [-0.2, -0.15) is 0 Å². The quantitative estimate of drug-likeness (QED) is 0.741. The van der Waals surface area contributed by atoms with E-state index >= 15 is 0 Å². The monoisotopic (exact) mass is 371 g/mol. The number of hydrogen-bond donors (Lipinski definition) is 0. The topological polar surface area (TPSA) is 81.5 Å². The first-order valence-electron chi connectivity index (χ1n) is 6.34. The second kappa shape index (κ2) is 5.71. The number of aromatic nitrogens is 2. The Morgan fingerprint density at radius 1 is 1.29 bits per heavy atom. The fourth-order valence-corrected chi connectivity index (χ4v) is 5.35. The predicted molar refractivity (Wildman–Crippen MR) is 79.5 cm³/mol. The summed E-state index contributed by atoms with van der Waals surface area (Å²) < 4.78 is 34.5. The molecule has 0 spiro atoms. The first-order valence-corrected chi connectivity index (χ1v) is 9.62. The molecule has 3 rings (SSSR count). The van der Waals surface area contributed by atoms with E-state index in [2.05, 4.69) is 14.2 Å². The summed E-state index contributed by atoms with van der Waals surface area (Å²) in [5.41, 5.74) is 2.34. The Hall–Kier alpha value is -1.50. The summed E-state index contributed by atoms with van der Waals surface area (Å²) in [6, 6.07) is 7.59. The molecule has 0 aliphatic carbocycles. The van der Waals surface area contributed by atoms with Crippen LogP contribution in [0, 0.1) is 6.92 Å². The van der Waals surface area contributed by atoms with Crippen molar-refractivity contribution < 1.29 is 13.2 Å². The molecule has 1 aromatic heterocycles. The molecule has 0 atom stereocenters. The molecular formula is C13H13N3O3SSe. The molecule has 0 amide bonds. The van der Waals surface area contributed by atoms with Gasteiger partial charge in [-0.1, -0.05) is 0 Å². The summed E-state index contributed by atoms with van der Waals surface area (Å²) in [4.78, 5) is 4.04. The van der Waals surface area contributed by atoms with Crippen molar-refractivity contribution >= 4 is 30.5 Å². The minimum absolute atomic E-state index is 0.204. The SMILES string of the molecule is Cc1ccc(-c2nn[se]c2S(=O)(=O)CC2=NCCO2)cc1. The van der Waals surface area contributed by atoms with Gasteiger partial charge < -0.3 is 0 Å². The van der Waals surface area contributed by atoms with Crippen LogP contribution in [-0.4, -0.2) is 57.1 Å². The molecule has 0 saturated heterocycles. The van der Waals surface area contributed by atoms with E-state index in [4.69, 9.17) is 4.74 Å². The number of hydrogen-bond acceptors (Lipinski definition) is 6. The molecule has 2 aromatic rings. The van der Waals surface area contributed by atoms with Crippen LogP contribution >= 0.6 is 0 Å². The molecule has 0 N–H and O–H groups in total. The van der Waals surface area contributed by atoms with E-state index in [-0.39, 0.29) is 11.7 Å². The Labute approximate surface area is 128 Å². The van der Waals surface area contributed by atoms with Gasteiger partial charge in [-0.15, -0.1) is 0 Å². The second-order valence-corrected chi connectivity index (χ2v) is 8.75. The number of aryl methyl sites for hydroxylation is 1. The average molecular weight is 370 g/mol. The van der Waals surface area contributed by atoms with Crippen molar-refractivity contribution in [2.45, 2.75) is 10.7 Å². The molecular weight excluding hydrogens is 357 g/mol. The third-order valence-corrected chi connectivity index (χ3v) is 7.49. The zero-order valence-electron chi connectivity index (χ0n) is 11.3. The molecule has 6 nitrogen and oxygen atoms in total. The number of rotatable bonds is 4. The molecule has 110 valence electrons. The molecule has 0 unspecified atom stereocenters. The maximum atomic E-state index is 12.5. The molecule has 1 aliphatic rings. The van der Waals surface area contributed by atoms with Crippen LogP contribution in [0.25, 0.3) is 11.3 Å². The van der Waals surface area contributed by atoms with Gasteiger partial charge in [-0.25, -0.2) is 0 Å². The molecule has 2 heterocycles. The summed E-state index contributed by atoms with van der Waals surface area (Å²) >= 11 is -0.516. The summed E-state index contributed by atoms with van der Waals surface area (Å²) in [6.07, 6.45) is 0. The van der Waals surface area contributed by atoms with E-state index in [0.29, 0.717) is 22.6 Å². The van der Waals surface area contributed by atoms with Crippen LogP contribution < -0.4 is 0 Å². The van der Waals surface area contributed by atoms with Crippen molar-refractivity contribution in [3.63, 3.8) is 0 Å². The van der Waals surface area contributed by atoms with E-state index in [0.717, 1.165) is 11.1 Å². The van der Waals surface area contributed by atoms with Crippen molar-refractivity contribution in [1.82, 2.24) is 9.19 Å². The van der Waals surface area contributed by atoms with Crippen molar-refractivity contribution in [3.8, 4) is 11.3 Å². The molecule has 21 heavy (non-hydrogen) atoms.